The highest BCUT2D eigenvalue weighted by Crippen LogP contribution is 2.18. The molecule has 1 fully saturated rings. The normalized spacial score (nSPS) is 14.3. The van der Waals surface area contributed by atoms with Crippen molar-refractivity contribution in [2.24, 2.45) is 5.73 Å². The number of ether oxygens (including phenoxy) is 3. The lowest BCUT2D eigenvalue weighted by Crippen LogP contribution is -2.27. The van der Waals surface area contributed by atoms with Crippen LogP contribution in [-0.4, -0.2) is 50.3 Å². The molecule has 1 aromatic carbocycles. The standard InChI is InChI=1S/C11H13N3O3.C7H6F2O.C4H10O/c12-10(15)8-6-7(3-4-13-8)14-11(16)9-2-1-5-17-9;1-10-6-4-2-3-5(8)7(6)9;1-3-4-5-2/h3-4,6,9H,1-2,5H2,(H2,12,15)(H,13,14,16);2-4H,1H3;3-4H2,1-2H3. The predicted octanol–water partition coefficient (Wildman–Crippen LogP) is 3.31. The van der Waals surface area contributed by atoms with Gasteiger partial charge in [0, 0.05) is 32.2 Å². The van der Waals surface area contributed by atoms with Gasteiger partial charge in [0.2, 0.25) is 5.82 Å². The molecule has 0 spiro atoms. The highest BCUT2D eigenvalue weighted by Gasteiger charge is 2.23. The molecule has 0 aliphatic carbocycles. The monoisotopic (exact) mass is 453 g/mol. The maximum absolute atomic E-state index is 12.5. The van der Waals surface area contributed by atoms with Crippen LogP contribution in [0.3, 0.4) is 0 Å². The van der Waals surface area contributed by atoms with Crippen LogP contribution in [-0.2, 0) is 14.3 Å². The molecule has 1 aliphatic rings. The van der Waals surface area contributed by atoms with Gasteiger partial charge in [0.15, 0.2) is 11.6 Å². The Kier molecular flexibility index (Phi) is 12.5. The molecule has 3 rings (SSSR count). The van der Waals surface area contributed by atoms with Gasteiger partial charge in [-0.15, -0.1) is 0 Å². The van der Waals surface area contributed by atoms with E-state index in [1.54, 1.807) is 13.2 Å². The molecular weight excluding hydrogens is 424 g/mol. The molecule has 0 saturated carbocycles. The first kappa shape index (κ1) is 26.9. The van der Waals surface area contributed by atoms with Crippen LogP contribution in [0.2, 0.25) is 0 Å². The number of pyridine rings is 1. The van der Waals surface area contributed by atoms with E-state index >= 15 is 0 Å². The molecule has 1 atom stereocenters. The van der Waals surface area contributed by atoms with Crippen molar-refractivity contribution in [3.63, 3.8) is 0 Å². The molecule has 2 aromatic rings. The molecule has 0 radical (unpaired) electrons. The Balaban J connectivity index is 0.000000288. The molecule has 10 heteroatoms. The zero-order chi connectivity index (χ0) is 23.9. The second kappa shape index (κ2) is 14.8. The Morgan fingerprint density at radius 1 is 1.28 bits per heavy atom. The largest absolute Gasteiger partial charge is 0.494 e. The number of amides is 2. The minimum atomic E-state index is -0.940. The van der Waals surface area contributed by atoms with Crippen molar-refractivity contribution in [3.05, 3.63) is 53.9 Å². The zero-order valence-corrected chi connectivity index (χ0v) is 18.4. The lowest BCUT2D eigenvalue weighted by atomic mass is 10.2. The Morgan fingerprint density at radius 3 is 2.53 bits per heavy atom. The molecule has 32 heavy (non-hydrogen) atoms. The third kappa shape index (κ3) is 9.36. The van der Waals surface area contributed by atoms with Gasteiger partial charge in [-0.25, -0.2) is 4.39 Å². The van der Waals surface area contributed by atoms with Crippen molar-refractivity contribution in [1.82, 2.24) is 4.98 Å². The van der Waals surface area contributed by atoms with E-state index < -0.39 is 23.6 Å². The van der Waals surface area contributed by atoms with Gasteiger partial charge in [0.1, 0.15) is 11.8 Å². The second-order valence-corrected chi connectivity index (χ2v) is 6.53. The Hall–Kier alpha value is -3.11. The quantitative estimate of drug-likeness (QED) is 0.694. The molecule has 1 unspecified atom stereocenters. The third-order valence-electron chi connectivity index (χ3n) is 4.05. The van der Waals surface area contributed by atoms with E-state index in [9.17, 15) is 18.4 Å². The molecule has 1 aliphatic heterocycles. The maximum Gasteiger partial charge on any atom is 0.267 e. The van der Waals surface area contributed by atoms with E-state index in [1.807, 2.05) is 0 Å². The van der Waals surface area contributed by atoms with Gasteiger partial charge in [-0.2, -0.15) is 4.39 Å². The number of carbonyl (C=O) groups is 2. The number of primary amides is 1. The smallest absolute Gasteiger partial charge is 0.267 e. The minimum absolute atomic E-state index is 0.0694. The summed E-state index contributed by atoms with van der Waals surface area (Å²) in [7, 11) is 3.00. The van der Waals surface area contributed by atoms with Crippen LogP contribution < -0.4 is 15.8 Å². The summed E-state index contributed by atoms with van der Waals surface area (Å²) < 4.78 is 39.3. The van der Waals surface area contributed by atoms with Crippen LogP contribution in [0.1, 0.15) is 36.7 Å². The van der Waals surface area contributed by atoms with Gasteiger partial charge in [-0.1, -0.05) is 13.0 Å². The fraction of sp³-hybridized carbons (Fsp3) is 0.409. The van der Waals surface area contributed by atoms with Crippen molar-refractivity contribution in [2.45, 2.75) is 32.3 Å². The van der Waals surface area contributed by atoms with Gasteiger partial charge in [-0.3, -0.25) is 14.6 Å². The van der Waals surface area contributed by atoms with Crippen LogP contribution >= 0.6 is 0 Å². The third-order valence-corrected chi connectivity index (χ3v) is 4.05. The van der Waals surface area contributed by atoms with E-state index in [0.717, 1.165) is 31.9 Å². The molecular formula is C22H29F2N3O5. The van der Waals surface area contributed by atoms with Gasteiger partial charge in [0.05, 0.1) is 7.11 Å². The van der Waals surface area contributed by atoms with Crippen LogP contribution in [0, 0.1) is 11.6 Å². The first-order valence-electron chi connectivity index (χ1n) is 9.99. The molecule has 2 amide bonds. The van der Waals surface area contributed by atoms with Crippen LogP contribution in [0.5, 0.6) is 5.75 Å². The first-order chi connectivity index (χ1) is 15.3. The molecule has 0 bridgehead atoms. The number of halogens is 2. The zero-order valence-electron chi connectivity index (χ0n) is 18.4. The van der Waals surface area contributed by atoms with E-state index in [0.29, 0.717) is 12.3 Å². The molecule has 3 N–H and O–H groups in total. The number of hydrogen-bond donors (Lipinski definition) is 2. The fourth-order valence-electron chi connectivity index (χ4n) is 2.50. The average molecular weight is 453 g/mol. The Labute approximate surface area is 186 Å². The molecule has 1 saturated heterocycles. The van der Waals surface area contributed by atoms with Crippen molar-refractivity contribution in [1.29, 1.82) is 0 Å². The van der Waals surface area contributed by atoms with Gasteiger partial charge < -0.3 is 25.3 Å². The number of hydrogen-bond acceptors (Lipinski definition) is 6. The van der Waals surface area contributed by atoms with Crippen molar-refractivity contribution >= 4 is 17.5 Å². The summed E-state index contributed by atoms with van der Waals surface area (Å²) in [4.78, 5) is 26.4. The van der Waals surface area contributed by atoms with E-state index in [1.165, 1.54) is 31.5 Å². The second-order valence-electron chi connectivity index (χ2n) is 6.53. The summed E-state index contributed by atoms with van der Waals surface area (Å²) in [6.45, 7) is 3.59. The molecule has 176 valence electrons. The lowest BCUT2D eigenvalue weighted by Gasteiger charge is -2.10. The molecule has 8 nitrogen and oxygen atoms in total. The maximum atomic E-state index is 12.5. The lowest BCUT2D eigenvalue weighted by molar-refractivity contribution is -0.124. The number of nitrogens with zero attached hydrogens (tertiary/aromatic N) is 1. The number of aromatic nitrogens is 1. The summed E-state index contributed by atoms with van der Waals surface area (Å²) in [5.41, 5.74) is 5.71. The van der Waals surface area contributed by atoms with Crippen molar-refractivity contribution in [2.75, 3.05) is 32.8 Å². The average Bonchev–Trinajstić information content (AvgIpc) is 3.33. The van der Waals surface area contributed by atoms with Crippen LogP contribution in [0.25, 0.3) is 0 Å². The van der Waals surface area contributed by atoms with Gasteiger partial charge in [0.25, 0.3) is 11.8 Å². The Bertz CT molecular complexity index is 859. The Morgan fingerprint density at radius 2 is 2.03 bits per heavy atom. The number of methoxy groups -OCH3 is 2. The number of nitrogens with two attached hydrogens (primary N) is 1. The van der Waals surface area contributed by atoms with E-state index in [2.05, 4.69) is 22.0 Å². The van der Waals surface area contributed by atoms with Gasteiger partial charge >= 0.3 is 0 Å². The summed E-state index contributed by atoms with van der Waals surface area (Å²) in [6, 6.07) is 6.82. The van der Waals surface area contributed by atoms with Crippen molar-refractivity contribution in [3.8, 4) is 5.75 Å². The molecule has 1 aromatic heterocycles. The fourth-order valence-corrected chi connectivity index (χ4v) is 2.50. The van der Waals surface area contributed by atoms with Crippen molar-refractivity contribution < 1.29 is 32.6 Å². The number of anilines is 1. The topological polar surface area (TPSA) is 113 Å². The highest BCUT2D eigenvalue weighted by molar-refractivity contribution is 5.96. The number of nitrogens with one attached hydrogen (secondary N) is 1. The number of benzene rings is 1. The van der Waals surface area contributed by atoms with Crippen LogP contribution in [0.4, 0.5) is 14.5 Å². The SMILES string of the molecule is CCCOC.COc1cccc(F)c1F.NC(=O)c1cc(NC(=O)C2CCCO2)ccn1. The summed E-state index contributed by atoms with van der Waals surface area (Å²) in [5.74, 6) is -2.73. The minimum Gasteiger partial charge on any atom is -0.494 e. The predicted molar refractivity (Wildman–Crippen MR) is 115 cm³/mol. The van der Waals surface area contributed by atoms with E-state index in [-0.39, 0.29) is 17.4 Å². The van der Waals surface area contributed by atoms with Gasteiger partial charge in [-0.05, 0) is 43.5 Å². The summed E-state index contributed by atoms with van der Waals surface area (Å²) >= 11 is 0. The molecule has 2 heterocycles. The summed E-state index contributed by atoms with van der Waals surface area (Å²) in [6.07, 6.45) is 3.75. The number of rotatable bonds is 6. The highest BCUT2D eigenvalue weighted by atomic mass is 19.2. The van der Waals surface area contributed by atoms with Crippen LogP contribution in [0.15, 0.2) is 36.5 Å². The first-order valence-corrected chi connectivity index (χ1v) is 9.99. The summed E-state index contributed by atoms with van der Waals surface area (Å²) in [5, 5.41) is 2.67. The number of carbonyl (C=O) groups excluding carboxylic acids is 2. The van der Waals surface area contributed by atoms with E-state index in [4.69, 9.17) is 15.2 Å².